The first kappa shape index (κ1) is 15.2. The van der Waals surface area contributed by atoms with E-state index in [2.05, 4.69) is 10.6 Å². The summed E-state index contributed by atoms with van der Waals surface area (Å²) in [6.45, 7) is 4.43. The highest BCUT2D eigenvalue weighted by molar-refractivity contribution is 7.99. The van der Waals surface area contributed by atoms with Gasteiger partial charge in [-0.25, -0.2) is 0 Å². The van der Waals surface area contributed by atoms with Gasteiger partial charge in [0.25, 0.3) is 0 Å². The number of hydrogen-bond acceptors (Lipinski definition) is 4. The molecule has 0 aliphatic rings. The number of carbonyl (C=O) groups excluding carboxylic acids is 2. The molecule has 16 heavy (non-hydrogen) atoms. The highest BCUT2D eigenvalue weighted by atomic mass is 32.2. The maximum Gasteiger partial charge on any atom is 0.230 e. The van der Waals surface area contributed by atoms with Crippen molar-refractivity contribution in [2.75, 3.05) is 31.2 Å². The zero-order valence-corrected chi connectivity index (χ0v) is 10.6. The van der Waals surface area contributed by atoms with E-state index in [1.165, 1.54) is 18.7 Å². The Hall–Kier alpha value is -0.750. The van der Waals surface area contributed by atoms with Crippen LogP contribution in [0.2, 0.25) is 0 Å². The van der Waals surface area contributed by atoms with Crippen LogP contribution in [0.1, 0.15) is 13.8 Å². The van der Waals surface area contributed by atoms with E-state index in [-0.39, 0.29) is 24.3 Å². The number of thioether (sulfide) groups is 1. The number of hydrogen-bond donors (Lipinski definition) is 3. The molecule has 0 heterocycles. The number of amides is 2. The van der Waals surface area contributed by atoms with Crippen LogP contribution in [0, 0.1) is 5.92 Å². The summed E-state index contributed by atoms with van der Waals surface area (Å²) in [6, 6.07) is 0. The standard InChI is InChI=1S/C10H20N2O3S/c1-8(5-13)6-16-7-10(15)12-4-3-11-9(2)14/h8,13H,3-7H2,1-2H3,(H,11,14)(H,12,15). The van der Waals surface area contributed by atoms with E-state index >= 15 is 0 Å². The Labute approximate surface area is 100 Å². The van der Waals surface area contributed by atoms with Crippen molar-refractivity contribution < 1.29 is 14.7 Å². The molecule has 0 aliphatic heterocycles. The third-order valence-electron chi connectivity index (χ3n) is 1.77. The summed E-state index contributed by atoms with van der Waals surface area (Å²) in [5.74, 6) is 1.25. The van der Waals surface area contributed by atoms with Gasteiger partial charge in [-0.3, -0.25) is 9.59 Å². The van der Waals surface area contributed by atoms with Gasteiger partial charge in [-0.2, -0.15) is 11.8 Å². The lowest BCUT2D eigenvalue weighted by Gasteiger charge is -2.08. The molecule has 2 amide bonds. The first-order chi connectivity index (χ1) is 7.56. The molecule has 5 nitrogen and oxygen atoms in total. The summed E-state index contributed by atoms with van der Waals surface area (Å²) < 4.78 is 0. The van der Waals surface area contributed by atoms with Crippen molar-refractivity contribution in [1.29, 1.82) is 0 Å². The molecule has 0 fully saturated rings. The normalized spacial score (nSPS) is 11.9. The molecule has 0 aromatic carbocycles. The van der Waals surface area contributed by atoms with Crippen LogP contribution in [0.15, 0.2) is 0 Å². The van der Waals surface area contributed by atoms with Crippen LogP contribution >= 0.6 is 11.8 Å². The van der Waals surface area contributed by atoms with Gasteiger partial charge in [0.2, 0.25) is 11.8 Å². The topological polar surface area (TPSA) is 78.4 Å². The lowest BCUT2D eigenvalue weighted by atomic mass is 10.2. The summed E-state index contributed by atoms with van der Waals surface area (Å²) in [5.41, 5.74) is 0. The minimum atomic E-state index is -0.0969. The number of aliphatic hydroxyl groups is 1. The lowest BCUT2D eigenvalue weighted by molar-refractivity contribution is -0.120. The molecule has 0 saturated carbocycles. The fourth-order valence-electron chi connectivity index (χ4n) is 0.897. The van der Waals surface area contributed by atoms with Gasteiger partial charge >= 0.3 is 0 Å². The van der Waals surface area contributed by atoms with Crippen LogP contribution in [0.4, 0.5) is 0 Å². The minimum absolute atomic E-state index is 0.0412. The van der Waals surface area contributed by atoms with E-state index < -0.39 is 0 Å². The number of carbonyl (C=O) groups is 2. The molecule has 0 spiro atoms. The second-order valence-electron chi connectivity index (χ2n) is 3.64. The predicted octanol–water partition coefficient (Wildman–Crippen LogP) is -0.400. The average Bonchev–Trinajstić information content (AvgIpc) is 2.24. The van der Waals surface area contributed by atoms with E-state index in [9.17, 15) is 9.59 Å². The van der Waals surface area contributed by atoms with Crippen molar-refractivity contribution in [3.05, 3.63) is 0 Å². The first-order valence-electron chi connectivity index (χ1n) is 5.26. The van der Waals surface area contributed by atoms with E-state index in [0.717, 1.165) is 5.75 Å². The van der Waals surface area contributed by atoms with Gasteiger partial charge in [0.05, 0.1) is 5.75 Å². The van der Waals surface area contributed by atoms with Crippen LogP contribution in [-0.4, -0.2) is 48.1 Å². The molecule has 0 aliphatic carbocycles. The van der Waals surface area contributed by atoms with Gasteiger partial charge in [0, 0.05) is 26.6 Å². The fourth-order valence-corrected chi connectivity index (χ4v) is 1.81. The average molecular weight is 248 g/mol. The largest absolute Gasteiger partial charge is 0.396 e. The maximum atomic E-state index is 11.3. The Kier molecular flexibility index (Phi) is 9.03. The van der Waals surface area contributed by atoms with Crippen molar-refractivity contribution >= 4 is 23.6 Å². The van der Waals surface area contributed by atoms with Gasteiger partial charge in [-0.1, -0.05) is 6.92 Å². The number of nitrogens with one attached hydrogen (secondary N) is 2. The SMILES string of the molecule is CC(=O)NCCNC(=O)CSCC(C)CO. The van der Waals surface area contributed by atoms with E-state index in [1.54, 1.807) is 0 Å². The molecule has 1 atom stereocenters. The summed E-state index contributed by atoms with van der Waals surface area (Å²) in [4.78, 5) is 21.8. The molecular weight excluding hydrogens is 228 g/mol. The zero-order valence-electron chi connectivity index (χ0n) is 9.78. The fraction of sp³-hybridized carbons (Fsp3) is 0.800. The van der Waals surface area contributed by atoms with Gasteiger partial charge in [0.15, 0.2) is 0 Å². The third kappa shape index (κ3) is 9.79. The monoisotopic (exact) mass is 248 g/mol. The zero-order chi connectivity index (χ0) is 12.4. The van der Waals surface area contributed by atoms with E-state index in [0.29, 0.717) is 18.8 Å². The van der Waals surface area contributed by atoms with Crippen molar-refractivity contribution in [1.82, 2.24) is 10.6 Å². The highest BCUT2D eigenvalue weighted by Gasteiger charge is 2.04. The Balaban J connectivity index is 3.34. The molecule has 0 aromatic heterocycles. The molecular formula is C10H20N2O3S. The Morgan fingerprint density at radius 2 is 1.94 bits per heavy atom. The van der Waals surface area contributed by atoms with Crippen molar-refractivity contribution in [2.45, 2.75) is 13.8 Å². The van der Waals surface area contributed by atoms with Crippen molar-refractivity contribution in [2.24, 2.45) is 5.92 Å². The lowest BCUT2D eigenvalue weighted by Crippen LogP contribution is -2.34. The van der Waals surface area contributed by atoms with Gasteiger partial charge < -0.3 is 15.7 Å². The molecule has 0 saturated heterocycles. The van der Waals surface area contributed by atoms with Crippen LogP contribution < -0.4 is 10.6 Å². The smallest absolute Gasteiger partial charge is 0.230 e. The molecule has 6 heteroatoms. The molecule has 94 valence electrons. The van der Waals surface area contributed by atoms with Crippen molar-refractivity contribution in [3.8, 4) is 0 Å². The molecule has 3 N–H and O–H groups in total. The molecule has 1 unspecified atom stereocenters. The quantitative estimate of drug-likeness (QED) is 0.511. The highest BCUT2D eigenvalue weighted by Crippen LogP contribution is 2.06. The van der Waals surface area contributed by atoms with Gasteiger partial charge in [-0.05, 0) is 11.7 Å². The Morgan fingerprint density at radius 3 is 2.50 bits per heavy atom. The third-order valence-corrected chi connectivity index (χ3v) is 3.04. The summed E-state index contributed by atoms with van der Waals surface area (Å²) in [7, 11) is 0. The maximum absolute atomic E-state index is 11.3. The van der Waals surface area contributed by atoms with Crippen LogP contribution in [0.3, 0.4) is 0 Å². The van der Waals surface area contributed by atoms with Crippen LogP contribution in [0.25, 0.3) is 0 Å². The van der Waals surface area contributed by atoms with Gasteiger partial charge in [-0.15, -0.1) is 0 Å². The van der Waals surface area contributed by atoms with Gasteiger partial charge in [0.1, 0.15) is 0 Å². The molecule has 0 rings (SSSR count). The van der Waals surface area contributed by atoms with E-state index in [1.807, 2.05) is 6.92 Å². The predicted molar refractivity (Wildman–Crippen MR) is 65.3 cm³/mol. The molecule has 0 bridgehead atoms. The summed E-state index contributed by atoms with van der Waals surface area (Å²) >= 11 is 1.50. The number of rotatable bonds is 8. The second-order valence-corrected chi connectivity index (χ2v) is 4.67. The summed E-state index contributed by atoms with van der Waals surface area (Å²) in [5, 5.41) is 14.1. The second kappa shape index (κ2) is 9.47. The Bertz CT molecular complexity index is 224. The minimum Gasteiger partial charge on any atom is -0.396 e. The number of aliphatic hydroxyl groups excluding tert-OH is 1. The summed E-state index contributed by atoms with van der Waals surface area (Å²) in [6.07, 6.45) is 0. The van der Waals surface area contributed by atoms with E-state index in [4.69, 9.17) is 5.11 Å². The van der Waals surface area contributed by atoms with Crippen molar-refractivity contribution in [3.63, 3.8) is 0 Å². The van der Waals surface area contributed by atoms with Crippen LogP contribution in [0.5, 0.6) is 0 Å². The van der Waals surface area contributed by atoms with Crippen LogP contribution in [-0.2, 0) is 9.59 Å². The molecule has 0 aromatic rings. The first-order valence-corrected chi connectivity index (χ1v) is 6.41. The Morgan fingerprint density at radius 1 is 1.31 bits per heavy atom. The molecule has 0 radical (unpaired) electrons.